The number of rotatable bonds is 8. The standard InChI is InChI=1S/C16H10N2S2.C14H12O6S2/c19-11-17-15-7-3-13(4-8-15)1-2-14-5-9-16(10-6-14)18-12-20;15-21(16,17)13-7-3-1-5-11(13)9-10-12-6-2-4-8-14(12)22(18,19)20/h1-10H;1-10H,(H,15,16,17)(H,18,19,20)/b2-1+;10-9+. The molecule has 0 unspecified atom stereocenters. The molecule has 4 aromatic carbocycles. The van der Waals surface area contributed by atoms with Crippen LogP contribution in [-0.2, 0) is 20.2 Å². The molecule has 212 valence electrons. The summed E-state index contributed by atoms with van der Waals surface area (Å²) in [6.45, 7) is 0. The number of aliphatic imine (C=N–C) groups is 2. The summed E-state index contributed by atoms with van der Waals surface area (Å²) in [5.41, 5.74) is 4.17. The average molecular weight is 635 g/mol. The van der Waals surface area contributed by atoms with Gasteiger partial charge in [-0.2, -0.15) is 26.8 Å². The van der Waals surface area contributed by atoms with Crippen LogP contribution in [0.3, 0.4) is 0 Å². The molecule has 0 amide bonds. The third kappa shape index (κ3) is 10.0. The summed E-state index contributed by atoms with van der Waals surface area (Å²) in [5.74, 6) is 0. The summed E-state index contributed by atoms with van der Waals surface area (Å²) >= 11 is 9.12. The number of thiocarbonyl (C=S) groups is 2. The molecule has 8 nitrogen and oxygen atoms in total. The normalized spacial score (nSPS) is 11.3. The van der Waals surface area contributed by atoms with Crippen LogP contribution >= 0.6 is 24.4 Å². The lowest BCUT2D eigenvalue weighted by Gasteiger charge is -2.04. The van der Waals surface area contributed by atoms with E-state index in [9.17, 15) is 16.8 Å². The molecule has 0 aliphatic carbocycles. The Morgan fingerprint density at radius 2 is 0.857 bits per heavy atom. The van der Waals surface area contributed by atoms with E-state index < -0.39 is 20.2 Å². The van der Waals surface area contributed by atoms with Gasteiger partial charge >= 0.3 is 0 Å². The molecular formula is C30H22N2O6S4. The van der Waals surface area contributed by atoms with Gasteiger partial charge in [0, 0.05) is 0 Å². The van der Waals surface area contributed by atoms with Crippen LogP contribution in [0, 0.1) is 0 Å². The van der Waals surface area contributed by atoms with E-state index in [-0.39, 0.29) is 20.9 Å². The molecule has 0 saturated carbocycles. The second-order valence-corrected chi connectivity index (χ2v) is 11.4. The zero-order chi connectivity index (χ0) is 30.6. The predicted molar refractivity (Wildman–Crippen MR) is 173 cm³/mol. The van der Waals surface area contributed by atoms with Crippen LogP contribution in [0.1, 0.15) is 22.3 Å². The molecule has 0 fully saturated rings. The Morgan fingerprint density at radius 3 is 1.17 bits per heavy atom. The van der Waals surface area contributed by atoms with Gasteiger partial charge in [0.05, 0.1) is 21.7 Å². The highest BCUT2D eigenvalue weighted by molar-refractivity contribution is 7.86. The van der Waals surface area contributed by atoms with Gasteiger partial charge < -0.3 is 0 Å². The molecule has 0 bridgehead atoms. The molecule has 0 heterocycles. The second kappa shape index (κ2) is 15.1. The van der Waals surface area contributed by atoms with Crippen molar-refractivity contribution in [2.75, 3.05) is 0 Å². The summed E-state index contributed by atoms with van der Waals surface area (Å²) < 4.78 is 63.4. The van der Waals surface area contributed by atoms with Crippen molar-refractivity contribution in [1.82, 2.24) is 0 Å². The first-order chi connectivity index (χ1) is 20.0. The molecule has 0 aromatic heterocycles. The Morgan fingerprint density at radius 1 is 0.524 bits per heavy atom. The summed E-state index contributed by atoms with van der Waals surface area (Å²) in [7, 11) is -8.79. The molecule has 0 aliphatic heterocycles. The largest absolute Gasteiger partial charge is 0.295 e. The van der Waals surface area contributed by atoms with Gasteiger partial charge in [0.1, 0.15) is 9.79 Å². The van der Waals surface area contributed by atoms with Crippen LogP contribution in [0.15, 0.2) is 117 Å². The van der Waals surface area contributed by atoms with Crippen molar-refractivity contribution >= 4 is 90.7 Å². The van der Waals surface area contributed by atoms with Crippen molar-refractivity contribution in [3.05, 3.63) is 119 Å². The first-order valence-corrected chi connectivity index (χ1v) is 15.6. The van der Waals surface area contributed by atoms with Gasteiger partial charge in [-0.1, -0.05) is 85.0 Å². The molecule has 12 heteroatoms. The first-order valence-electron chi connectivity index (χ1n) is 11.9. The number of hydrogen-bond donors (Lipinski definition) is 2. The summed E-state index contributed by atoms with van der Waals surface area (Å²) in [4.78, 5) is 7.23. The molecule has 0 atom stereocenters. The first kappa shape index (κ1) is 32.3. The number of nitrogens with zero attached hydrogens (tertiary/aromatic N) is 2. The van der Waals surface area contributed by atoms with E-state index in [1.165, 1.54) is 48.6 Å². The lowest BCUT2D eigenvalue weighted by atomic mass is 10.1. The van der Waals surface area contributed by atoms with E-state index in [1.807, 2.05) is 60.7 Å². The van der Waals surface area contributed by atoms with Gasteiger partial charge in [-0.05, 0) is 83.1 Å². The van der Waals surface area contributed by atoms with Crippen LogP contribution in [0.25, 0.3) is 24.3 Å². The van der Waals surface area contributed by atoms with Crippen LogP contribution in [-0.4, -0.2) is 36.3 Å². The van der Waals surface area contributed by atoms with Crippen molar-refractivity contribution in [3.63, 3.8) is 0 Å². The van der Waals surface area contributed by atoms with Crippen molar-refractivity contribution in [1.29, 1.82) is 0 Å². The molecule has 2 N–H and O–H groups in total. The monoisotopic (exact) mass is 634 g/mol. The smallest absolute Gasteiger partial charge is 0.282 e. The molecular weight excluding hydrogens is 613 g/mol. The Bertz CT molecular complexity index is 1780. The molecule has 42 heavy (non-hydrogen) atoms. The average Bonchev–Trinajstić information content (AvgIpc) is 2.96. The van der Waals surface area contributed by atoms with E-state index in [2.05, 4.69) is 44.7 Å². The zero-order valence-electron chi connectivity index (χ0n) is 21.6. The maximum absolute atomic E-state index is 11.3. The predicted octanol–water partition coefficient (Wildman–Crippen LogP) is 7.68. The van der Waals surface area contributed by atoms with E-state index in [1.54, 1.807) is 12.1 Å². The fraction of sp³-hybridized carbons (Fsp3) is 0. The molecule has 0 saturated heterocycles. The highest BCUT2D eigenvalue weighted by Gasteiger charge is 2.15. The highest BCUT2D eigenvalue weighted by Crippen LogP contribution is 2.21. The SMILES string of the molecule is O=S(=O)(O)c1ccccc1/C=C/c1ccccc1S(=O)(=O)O.S=C=Nc1ccc(/C=C/c2ccc(N=C=S)cc2)cc1. The molecule has 0 radical (unpaired) electrons. The number of benzene rings is 4. The van der Waals surface area contributed by atoms with Crippen LogP contribution < -0.4 is 0 Å². The topological polar surface area (TPSA) is 133 Å². The van der Waals surface area contributed by atoms with Crippen molar-refractivity contribution in [3.8, 4) is 0 Å². The van der Waals surface area contributed by atoms with Gasteiger partial charge in [0.2, 0.25) is 0 Å². The second-order valence-electron chi connectivity index (χ2n) is 8.28. The summed E-state index contributed by atoms with van der Waals surface area (Å²) in [6.07, 6.45) is 6.74. The van der Waals surface area contributed by atoms with Crippen molar-refractivity contribution < 1.29 is 25.9 Å². The number of hydrogen-bond acceptors (Lipinski definition) is 8. The molecule has 4 rings (SSSR count). The third-order valence-electron chi connectivity index (χ3n) is 5.44. The van der Waals surface area contributed by atoms with Crippen LogP contribution in [0.5, 0.6) is 0 Å². The molecule has 4 aromatic rings. The third-order valence-corrected chi connectivity index (χ3v) is 7.48. The van der Waals surface area contributed by atoms with Crippen molar-refractivity contribution in [2.24, 2.45) is 9.98 Å². The highest BCUT2D eigenvalue weighted by atomic mass is 32.2. The maximum Gasteiger partial charge on any atom is 0.295 e. The minimum absolute atomic E-state index is 0.190. The molecule has 0 aliphatic rings. The summed E-state index contributed by atoms with van der Waals surface area (Å²) in [5, 5.41) is 4.69. The van der Waals surface area contributed by atoms with Gasteiger partial charge in [0.15, 0.2) is 0 Å². The Balaban J connectivity index is 0.000000231. The van der Waals surface area contributed by atoms with Gasteiger partial charge in [-0.25, -0.2) is 0 Å². The quantitative estimate of drug-likeness (QED) is 0.0873. The Kier molecular flexibility index (Phi) is 11.6. The van der Waals surface area contributed by atoms with Crippen LogP contribution in [0.4, 0.5) is 11.4 Å². The van der Waals surface area contributed by atoms with Gasteiger partial charge in [-0.3, -0.25) is 9.11 Å². The fourth-order valence-corrected chi connectivity index (χ4v) is 5.08. The Hall–Kier alpha value is -4.22. The van der Waals surface area contributed by atoms with E-state index in [4.69, 9.17) is 9.11 Å². The van der Waals surface area contributed by atoms with E-state index in [0.29, 0.717) is 0 Å². The lowest BCUT2D eigenvalue weighted by Crippen LogP contribution is -2.01. The van der Waals surface area contributed by atoms with Crippen LogP contribution in [0.2, 0.25) is 0 Å². The fourth-order valence-electron chi connectivity index (χ4n) is 3.50. The van der Waals surface area contributed by atoms with Gasteiger partial charge in [0.25, 0.3) is 20.2 Å². The number of isothiocyanates is 2. The lowest BCUT2D eigenvalue weighted by molar-refractivity contribution is 0.480. The minimum atomic E-state index is -4.40. The Labute approximate surface area is 254 Å². The zero-order valence-corrected chi connectivity index (χ0v) is 24.9. The minimum Gasteiger partial charge on any atom is -0.282 e. The van der Waals surface area contributed by atoms with Gasteiger partial charge in [-0.15, -0.1) is 0 Å². The van der Waals surface area contributed by atoms with Crippen molar-refractivity contribution in [2.45, 2.75) is 9.79 Å². The maximum atomic E-state index is 11.3. The van der Waals surface area contributed by atoms with E-state index in [0.717, 1.165) is 22.5 Å². The van der Waals surface area contributed by atoms with E-state index >= 15 is 0 Å². The summed E-state index contributed by atoms with van der Waals surface area (Å²) in [6, 6.07) is 26.9. The molecule has 0 spiro atoms.